The number of aromatic nitrogens is 1. The molecular formula is C17H18FN3O4. The van der Waals surface area contributed by atoms with Crippen molar-refractivity contribution in [1.29, 1.82) is 0 Å². The predicted molar refractivity (Wildman–Crippen MR) is 86.6 cm³/mol. The van der Waals surface area contributed by atoms with E-state index in [-0.39, 0.29) is 19.1 Å². The molecule has 0 saturated carbocycles. The lowest BCUT2D eigenvalue weighted by molar-refractivity contribution is -0.119. The third kappa shape index (κ3) is 3.80. The van der Waals surface area contributed by atoms with Gasteiger partial charge in [-0.05, 0) is 25.1 Å². The first-order chi connectivity index (χ1) is 12.1. The number of nitrogens with two attached hydrogens (primary N) is 1. The van der Waals surface area contributed by atoms with Crippen molar-refractivity contribution in [2.45, 2.75) is 26.1 Å². The van der Waals surface area contributed by atoms with Gasteiger partial charge >= 0.3 is 0 Å². The molecule has 1 aromatic heterocycles. The molecule has 1 atom stereocenters. The molecule has 0 saturated heterocycles. The largest absolute Gasteiger partial charge is 0.483 e. The van der Waals surface area contributed by atoms with Crippen LogP contribution in [0.5, 0.6) is 17.2 Å². The summed E-state index contributed by atoms with van der Waals surface area (Å²) >= 11 is 0. The summed E-state index contributed by atoms with van der Waals surface area (Å²) in [6, 6.07) is 5.87. The zero-order valence-corrected chi connectivity index (χ0v) is 13.6. The predicted octanol–water partition coefficient (Wildman–Crippen LogP) is 1.49. The molecule has 2 heterocycles. The number of rotatable bonds is 7. The van der Waals surface area contributed by atoms with Crippen LogP contribution in [0.4, 0.5) is 4.39 Å². The fourth-order valence-corrected chi connectivity index (χ4v) is 2.31. The van der Waals surface area contributed by atoms with Gasteiger partial charge in [-0.15, -0.1) is 0 Å². The van der Waals surface area contributed by atoms with Crippen molar-refractivity contribution in [3.63, 3.8) is 0 Å². The zero-order chi connectivity index (χ0) is 17.8. The fourth-order valence-electron chi connectivity index (χ4n) is 2.31. The monoisotopic (exact) mass is 347 g/mol. The maximum absolute atomic E-state index is 13.6. The highest BCUT2D eigenvalue weighted by atomic mass is 19.1. The second kappa shape index (κ2) is 7.35. The van der Waals surface area contributed by atoms with Gasteiger partial charge in [0.25, 0.3) is 0 Å². The SMILES string of the molecule is CC(NCc1ccc(OCc2ncccc2F)c2c1OCO2)C(N)=O. The van der Waals surface area contributed by atoms with Crippen LogP contribution in [-0.4, -0.2) is 23.7 Å². The second-order valence-electron chi connectivity index (χ2n) is 5.51. The van der Waals surface area contributed by atoms with Crippen LogP contribution in [0.2, 0.25) is 0 Å². The van der Waals surface area contributed by atoms with Gasteiger partial charge < -0.3 is 25.3 Å². The molecule has 0 spiro atoms. The van der Waals surface area contributed by atoms with Crippen LogP contribution in [0.15, 0.2) is 30.5 Å². The van der Waals surface area contributed by atoms with E-state index in [4.69, 9.17) is 19.9 Å². The second-order valence-corrected chi connectivity index (χ2v) is 5.51. The number of carbonyl (C=O) groups excluding carboxylic acids is 1. The van der Waals surface area contributed by atoms with Gasteiger partial charge in [0.1, 0.15) is 18.1 Å². The van der Waals surface area contributed by atoms with Gasteiger partial charge in [-0.25, -0.2) is 4.39 Å². The summed E-state index contributed by atoms with van der Waals surface area (Å²) < 4.78 is 30.2. The van der Waals surface area contributed by atoms with E-state index in [9.17, 15) is 9.18 Å². The number of primary amides is 1. The molecular weight excluding hydrogens is 329 g/mol. The van der Waals surface area contributed by atoms with E-state index in [1.54, 1.807) is 19.1 Å². The molecule has 3 rings (SSSR count). The van der Waals surface area contributed by atoms with E-state index >= 15 is 0 Å². The zero-order valence-electron chi connectivity index (χ0n) is 13.6. The number of hydrogen-bond acceptors (Lipinski definition) is 6. The van der Waals surface area contributed by atoms with Crippen molar-refractivity contribution < 1.29 is 23.4 Å². The molecule has 2 aromatic rings. The lowest BCUT2D eigenvalue weighted by Gasteiger charge is -2.13. The molecule has 0 aliphatic carbocycles. The van der Waals surface area contributed by atoms with Crippen molar-refractivity contribution in [2.75, 3.05) is 6.79 Å². The smallest absolute Gasteiger partial charge is 0.234 e. The Hall–Kier alpha value is -2.87. The first kappa shape index (κ1) is 17.0. The van der Waals surface area contributed by atoms with Crippen LogP contribution in [-0.2, 0) is 17.9 Å². The number of amides is 1. The quantitative estimate of drug-likeness (QED) is 0.788. The Morgan fingerprint density at radius 2 is 2.20 bits per heavy atom. The molecule has 0 fully saturated rings. The van der Waals surface area contributed by atoms with Crippen molar-refractivity contribution >= 4 is 5.91 Å². The number of nitrogens with zero attached hydrogens (tertiary/aromatic N) is 1. The molecule has 1 aliphatic rings. The molecule has 7 nitrogen and oxygen atoms in total. The third-order valence-electron chi connectivity index (χ3n) is 3.79. The van der Waals surface area contributed by atoms with E-state index in [0.717, 1.165) is 5.56 Å². The van der Waals surface area contributed by atoms with Crippen LogP contribution < -0.4 is 25.3 Å². The van der Waals surface area contributed by atoms with Gasteiger partial charge in [0.05, 0.1) is 6.04 Å². The Labute approximate surface area is 143 Å². The lowest BCUT2D eigenvalue weighted by atomic mass is 10.1. The van der Waals surface area contributed by atoms with Gasteiger partial charge in [0.2, 0.25) is 18.4 Å². The number of carbonyl (C=O) groups is 1. The number of pyridine rings is 1. The van der Waals surface area contributed by atoms with Crippen LogP contribution in [0, 0.1) is 5.82 Å². The Morgan fingerprint density at radius 1 is 1.40 bits per heavy atom. The van der Waals surface area contributed by atoms with E-state index < -0.39 is 17.8 Å². The average Bonchev–Trinajstić information content (AvgIpc) is 3.09. The lowest BCUT2D eigenvalue weighted by Crippen LogP contribution is -2.38. The first-order valence-electron chi connectivity index (χ1n) is 7.72. The molecule has 3 N–H and O–H groups in total. The fraction of sp³-hybridized carbons (Fsp3) is 0.294. The molecule has 1 aromatic carbocycles. The van der Waals surface area contributed by atoms with E-state index in [2.05, 4.69) is 10.3 Å². The topological polar surface area (TPSA) is 95.7 Å². The van der Waals surface area contributed by atoms with E-state index in [0.29, 0.717) is 23.8 Å². The van der Waals surface area contributed by atoms with Crippen molar-refractivity contribution in [1.82, 2.24) is 10.3 Å². The van der Waals surface area contributed by atoms with Crippen LogP contribution in [0.25, 0.3) is 0 Å². The molecule has 1 amide bonds. The summed E-state index contributed by atoms with van der Waals surface area (Å²) in [6.07, 6.45) is 1.50. The minimum Gasteiger partial charge on any atom is -0.483 e. The number of ether oxygens (including phenoxy) is 3. The van der Waals surface area contributed by atoms with Gasteiger partial charge in [-0.1, -0.05) is 6.07 Å². The highest BCUT2D eigenvalue weighted by Gasteiger charge is 2.23. The summed E-state index contributed by atoms with van der Waals surface area (Å²) in [5, 5.41) is 3.00. The van der Waals surface area contributed by atoms with E-state index in [1.807, 2.05) is 0 Å². The number of nitrogens with one attached hydrogen (secondary N) is 1. The molecule has 8 heteroatoms. The number of benzene rings is 1. The summed E-state index contributed by atoms with van der Waals surface area (Å²) in [6.45, 7) is 2.09. The summed E-state index contributed by atoms with van der Waals surface area (Å²) in [5.74, 6) is 0.540. The summed E-state index contributed by atoms with van der Waals surface area (Å²) in [5.41, 5.74) is 6.24. The molecule has 132 valence electrons. The summed E-state index contributed by atoms with van der Waals surface area (Å²) in [4.78, 5) is 15.0. The van der Waals surface area contributed by atoms with Gasteiger partial charge in [-0.3, -0.25) is 9.78 Å². The standard InChI is InChI=1S/C17H18FN3O4/c1-10(17(19)22)21-7-11-4-5-14(16-15(11)24-9-25-16)23-8-13-12(18)3-2-6-20-13/h2-6,10,21H,7-9H2,1H3,(H2,19,22). The van der Waals surface area contributed by atoms with Crippen molar-refractivity contribution in [2.24, 2.45) is 5.73 Å². The number of hydrogen-bond donors (Lipinski definition) is 2. The minimum absolute atomic E-state index is 0.0290. The average molecular weight is 347 g/mol. The van der Waals surface area contributed by atoms with E-state index in [1.165, 1.54) is 18.3 Å². The number of halogens is 1. The first-order valence-corrected chi connectivity index (χ1v) is 7.72. The molecule has 0 bridgehead atoms. The van der Waals surface area contributed by atoms with Crippen molar-refractivity contribution in [3.05, 3.63) is 47.5 Å². The molecule has 1 unspecified atom stereocenters. The van der Waals surface area contributed by atoms with Crippen LogP contribution in [0.3, 0.4) is 0 Å². The summed E-state index contributed by atoms with van der Waals surface area (Å²) in [7, 11) is 0. The Morgan fingerprint density at radius 3 is 2.96 bits per heavy atom. The Kier molecular flexibility index (Phi) is 4.99. The molecule has 0 radical (unpaired) electrons. The van der Waals surface area contributed by atoms with Gasteiger partial charge in [0.15, 0.2) is 11.5 Å². The maximum Gasteiger partial charge on any atom is 0.234 e. The van der Waals surface area contributed by atoms with Crippen LogP contribution in [0.1, 0.15) is 18.2 Å². The van der Waals surface area contributed by atoms with Crippen LogP contribution >= 0.6 is 0 Å². The maximum atomic E-state index is 13.6. The highest BCUT2D eigenvalue weighted by Crippen LogP contribution is 2.43. The third-order valence-corrected chi connectivity index (χ3v) is 3.79. The number of fused-ring (bicyclic) bond motifs is 1. The Balaban J connectivity index is 1.73. The van der Waals surface area contributed by atoms with Gasteiger partial charge in [0, 0.05) is 18.3 Å². The normalized spacial score (nSPS) is 13.5. The highest BCUT2D eigenvalue weighted by molar-refractivity contribution is 5.79. The molecule has 25 heavy (non-hydrogen) atoms. The minimum atomic E-state index is -0.471. The Bertz CT molecular complexity index is 784. The van der Waals surface area contributed by atoms with Crippen molar-refractivity contribution in [3.8, 4) is 17.2 Å². The van der Waals surface area contributed by atoms with Gasteiger partial charge in [-0.2, -0.15) is 0 Å². The molecule has 1 aliphatic heterocycles.